The first-order valence-electron chi connectivity index (χ1n) is 8.66. The summed E-state index contributed by atoms with van der Waals surface area (Å²) in [4.78, 5) is 0. The van der Waals surface area contributed by atoms with Crippen molar-refractivity contribution in [2.75, 3.05) is 0 Å². The number of benzene rings is 3. The zero-order valence-corrected chi connectivity index (χ0v) is 15.7. The van der Waals surface area contributed by atoms with Crippen LogP contribution in [0, 0.1) is 12.7 Å². The van der Waals surface area contributed by atoms with E-state index in [1.165, 1.54) is 23.3 Å². The molecule has 0 fully saturated rings. The van der Waals surface area contributed by atoms with Crippen molar-refractivity contribution in [2.24, 2.45) is 0 Å². The van der Waals surface area contributed by atoms with Crippen LogP contribution in [0.4, 0.5) is 4.39 Å². The lowest BCUT2D eigenvalue weighted by atomic mass is 10.1. The molecular formula is C22H18FN3S. The summed E-state index contributed by atoms with van der Waals surface area (Å²) in [6.45, 7) is 2.11. The Hall–Kier alpha value is -2.92. The van der Waals surface area contributed by atoms with Gasteiger partial charge in [0.05, 0.1) is 0 Å². The van der Waals surface area contributed by atoms with E-state index >= 15 is 0 Å². The summed E-state index contributed by atoms with van der Waals surface area (Å²) < 4.78 is 15.4. The van der Waals surface area contributed by atoms with E-state index in [2.05, 4.69) is 35.3 Å². The van der Waals surface area contributed by atoms with Gasteiger partial charge in [-0.25, -0.2) is 4.39 Å². The fraction of sp³-hybridized carbons (Fsp3) is 0.0909. The van der Waals surface area contributed by atoms with Crippen LogP contribution in [0.25, 0.3) is 17.1 Å². The first-order chi connectivity index (χ1) is 13.2. The van der Waals surface area contributed by atoms with Crippen molar-refractivity contribution in [3.8, 4) is 17.1 Å². The molecule has 1 heterocycles. The van der Waals surface area contributed by atoms with E-state index in [0.29, 0.717) is 5.82 Å². The number of hydrogen-bond acceptors (Lipinski definition) is 3. The fourth-order valence-electron chi connectivity index (χ4n) is 2.87. The smallest absolute Gasteiger partial charge is 0.196 e. The van der Waals surface area contributed by atoms with E-state index in [4.69, 9.17) is 0 Å². The highest BCUT2D eigenvalue weighted by Crippen LogP contribution is 2.30. The van der Waals surface area contributed by atoms with Crippen LogP contribution in [0.15, 0.2) is 84.0 Å². The Balaban J connectivity index is 1.73. The van der Waals surface area contributed by atoms with Crippen LogP contribution in [0.1, 0.15) is 11.1 Å². The number of aromatic nitrogens is 3. The minimum atomic E-state index is -0.265. The molecule has 4 rings (SSSR count). The molecule has 0 atom stereocenters. The quantitative estimate of drug-likeness (QED) is 0.421. The molecule has 27 heavy (non-hydrogen) atoms. The van der Waals surface area contributed by atoms with Gasteiger partial charge in [-0.1, -0.05) is 54.2 Å². The number of thioether (sulfide) groups is 1. The molecule has 0 saturated carbocycles. The van der Waals surface area contributed by atoms with Crippen molar-refractivity contribution in [1.82, 2.24) is 14.8 Å². The lowest BCUT2D eigenvalue weighted by molar-refractivity contribution is 0.628. The number of rotatable bonds is 5. The zero-order chi connectivity index (χ0) is 18.6. The highest BCUT2D eigenvalue weighted by atomic mass is 32.2. The summed E-state index contributed by atoms with van der Waals surface area (Å²) in [5.74, 6) is 1.24. The van der Waals surface area contributed by atoms with Crippen molar-refractivity contribution in [1.29, 1.82) is 0 Å². The molecule has 0 aliphatic rings. The van der Waals surface area contributed by atoms with Crippen LogP contribution in [0.2, 0.25) is 0 Å². The molecule has 0 aliphatic heterocycles. The van der Waals surface area contributed by atoms with Crippen LogP contribution in [-0.2, 0) is 5.75 Å². The Morgan fingerprint density at radius 2 is 1.56 bits per heavy atom. The van der Waals surface area contributed by atoms with Crippen LogP contribution in [0.3, 0.4) is 0 Å². The van der Waals surface area contributed by atoms with Gasteiger partial charge in [-0.15, -0.1) is 10.2 Å². The summed E-state index contributed by atoms with van der Waals surface area (Å²) in [6.07, 6.45) is 0. The summed E-state index contributed by atoms with van der Waals surface area (Å²) in [5.41, 5.74) is 4.34. The molecule has 0 unspecified atom stereocenters. The topological polar surface area (TPSA) is 30.7 Å². The first kappa shape index (κ1) is 17.5. The second-order valence-corrected chi connectivity index (χ2v) is 7.14. The Labute approximate surface area is 161 Å². The molecule has 0 amide bonds. The van der Waals surface area contributed by atoms with Crippen LogP contribution >= 0.6 is 11.8 Å². The van der Waals surface area contributed by atoms with Crippen LogP contribution < -0.4 is 0 Å². The Bertz CT molecular complexity index is 1040. The number of para-hydroxylation sites is 1. The largest absolute Gasteiger partial charge is 0.270 e. The maximum atomic E-state index is 13.3. The van der Waals surface area contributed by atoms with Crippen LogP contribution in [0.5, 0.6) is 0 Å². The monoisotopic (exact) mass is 375 g/mol. The summed E-state index contributed by atoms with van der Waals surface area (Å²) in [5, 5.41) is 9.62. The molecule has 0 N–H and O–H groups in total. The standard InChI is InChI=1S/C22H18FN3S/c1-16-7-5-6-8-18(16)15-27-22-25-24-21(17-11-13-19(23)14-12-17)26(22)20-9-3-2-4-10-20/h2-14H,15H2,1H3. The first-order valence-corrected chi connectivity index (χ1v) is 9.65. The van der Waals surface area contributed by atoms with Crippen molar-refractivity contribution in [2.45, 2.75) is 17.8 Å². The molecule has 134 valence electrons. The van der Waals surface area contributed by atoms with E-state index < -0.39 is 0 Å². The average molecular weight is 375 g/mol. The molecule has 5 heteroatoms. The maximum Gasteiger partial charge on any atom is 0.196 e. The highest BCUT2D eigenvalue weighted by Gasteiger charge is 2.16. The molecule has 3 aromatic carbocycles. The summed E-state index contributed by atoms with van der Waals surface area (Å²) in [7, 11) is 0. The SMILES string of the molecule is Cc1ccccc1CSc1nnc(-c2ccc(F)cc2)n1-c1ccccc1. The Morgan fingerprint density at radius 1 is 0.852 bits per heavy atom. The van der Waals surface area contributed by atoms with Gasteiger partial charge in [0.15, 0.2) is 11.0 Å². The van der Waals surface area contributed by atoms with Gasteiger partial charge in [0.2, 0.25) is 0 Å². The minimum absolute atomic E-state index is 0.265. The molecule has 4 aromatic rings. The molecule has 0 saturated heterocycles. The predicted molar refractivity (Wildman–Crippen MR) is 107 cm³/mol. The highest BCUT2D eigenvalue weighted by molar-refractivity contribution is 7.98. The third-order valence-corrected chi connectivity index (χ3v) is 5.35. The number of nitrogens with zero attached hydrogens (tertiary/aromatic N) is 3. The van der Waals surface area contributed by atoms with Gasteiger partial charge in [-0.2, -0.15) is 0 Å². The van der Waals surface area contributed by atoms with E-state index in [9.17, 15) is 4.39 Å². The van der Waals surface area contributed by atoms with Crippen molar-refractivity contribution >= 4 is 11.8 Å². The Kier molecular flexibility index (Phi) is 5.03. The third-order valence-electron chi connectivity index (χ3n) is 4.37. The zero-order valence-electron chi connectivity index (χ0n) is 14.8. The second-order valence-electron chi connectivity index (χ2n) is 6.20. The van der Waals surface area contributed by atoms with Crippen molar-refractivity contribution in [3.05, 3.63) is 95.8 Å². The molecule has 1 aromatic heterocycles. The number of halogens is 1. The molecule has 0 spiro atoms. The lowest BCUT2D eigenvalue weighted by Crippen LogP contribution is -2.00. The van der Waals surface area contributed by atoms with Gasteiger partial charge in [0.25, 0.3) is 0 Å². The summed E-state index contributed by atoms with van der Waals surface area (Å²) in [6, 6.07) is 24.7. The van der Waals surface area contributed by atoms with Gasteiger partial charge in [0.1, 0.15) is 5.82 Å². The van der Waals surface area contributed by atoms with Gasteiger partial charge >= 0.3 is 0 Å². The molecular weight excluding hydrogens is 357 g/mol. The number of aryl methyl sites for hydroxylation is 1. The van der Waals surface area contributed by atoms with E-state index in [1.807, 2.05) is 41.0 Å². The third kappa shape index (κ3) is 3.78. The normalized spacial score (nSPS) is 10.9. The Morgan fingerprint density at radius 3 is 2.30 bits per heavy atom. The average Bonchev–Trinajstić information content (AvgIpc) is 3.12. The molecule has 0 aliphatic carbocycles. The van der Waals surface area contributed by atoms with E-state index in [0.717, 1.165) is 22.2 Å². The van der Waals surface area contributed by atoms with Gasteiger partial charge in [0, 0.05) is 17.0 Å². The molecule has 0 bridgehead atoms. The van der Waals surface area contributed by atoms with Gasteiger partial charge in [-0.3, -0.25) is 4.57 Å². The van der Waals surface area contributed by atoms with Gasteiger partial charge in [-0.05, 0) is 54.4 Å². The van der Waals surface area contributed by atoms with Crippen molar-refractivity contribution < 1.29 is 4.39 Å². The predicted octanol–water partition coefficient (Wildman–Crippen LogP) is 5.67. The maximum absolute atomic E-state index is 13.3. The van der Waals surface area contributed by atoms with Crippen LogP contribution in [-0.4, -0.2) is 14.8 Å². The van der Waals surface area contributed by atoms with E-state index in [-0.39, 0.29) is 5.82 Å². The molecule has 3 nitrogen and oxygen atoms in total. The van der Waals surface area contributed by atoms with Gasteiger partial charge < -0.3 is 0 Å². The molecule has 0 radical (unpaired) electrons. The van der Waals surface area contributed by atoms with E-state index in [1.54, 1.807) is 23.9 Å². The second kappa shape index (κ2) is 7.76. The number of hydrogen-bond donors (Lipinski definition) is 0. The lowest BCUT2D eigenvalue weighted by Gasteiger charge is -2.11. The fourth-order valence-corrected chi connectivity index (χ4v) is 3.90. The van der Waals surface area contributed by atoms with Crippen molar-refractivity contribution in [3.63, 3.8) is 0 Å². The minimum Gasteiger partial charge on any atom is -0.270 e. The summed E-state index contributed by atoms with van der Waals surface area (Å²) >= 11 is 1.64.